The lowest BCUT2D eigenvalue weighted by molar-refractivity contribution is -0.138. The highest BCUT2D eigenvalue weighted by Gasteiger charge is 2.52. The van der Waals surface area contributed by atoms with Gasteiger partial charge in [-0.2, -0.15) is 5.01 Å². The van der Waals surface area contributed by atoms with Crippen molar-refractivity contribution in [3.05, 3.63) is 35.9 Å². The van der Waals surface area contributed by atoms with E-state index < -0.39 is 23.4 Å². The quantitative estimate of drug-likeness (QED) is 0.341. The Labute approximate surface area is 192 Å². The van der Waals surface area contributed by atoms with Crippen LogP contribution in [0.4, 0.5) is 9.93 Å². The third kappa shape index (κ3) is 4.19. The maximum absolute atomic E-state index is 13.1. The number of hydrogen-bond acceptors (Lipinski definition) is 8. The number of carbonyl (C=O) groups is 4. The molecule has 4 rings (SSSR count). The minimum Gasteiger partial charge on any atom is -0.318 e. The van der Waals surface area contributed by atoms with Crippen molar-refractivity contribution < 1.29 is 19.2 Å². The molecule has 32 heavy (non-hydrogen) atoms. The van der Waals surface area contributed by atoms with Gasteiger partial charge in [-0.15, -0.1) is 10.2 Å². The summed E-state index contributed by atoms with van der Waals surface area (Å²) in [4.78, 5) is 51.5. The van der Waals surface area contributed by atoms with Gasteiger partial charge in [-0.3, -0.25) is 24.7 Å². The molecule has 2 aromatic rings. The second-order valence-corrected chi connectivity index (χ2v) is 9.67. The maximum atomic E-state index is 13.1. The fraction of sp³-hybridized carbons (Fsp3) is 0.400. The first-order chi connectivity index (χ1) is 15.4. The Bertz CT molecular complexity index is 1060. The van der Waals surface area contributed by atoms with Crippen LogP contribution in [0.15, 0.2) is 34.7 Å². The molecule has 1 aliphatic heterocycles. The topological polar surface area (TPSA) is 125 Å². The van der Waals surface area contributed by atoms with Crippen LogP contribution in [0.25, 0.3) is 0 Å². The van der Waals surface area contributed by atoms with E-state index in [1.54, 1.807) is 36.1 Å². The number of carbonyl (C=O) groups excluding carboxylic acids is 4. The van der Waals surface area contributed by atoms with E-state index in [-0.39, 0.29) is 17.7 Å². The van der Waals surface area contributed by atoms with Crippen molar-refractivity contribution in [3.8, 4) is 0 Å². The van der Waals surface area contributed by atoms with Gasteiger partial charge in [-0.25, -0.2) is 4.79 Å². The van der Waals surface area contributed by atoms with Crippen molar-refractivity contribution in [1.29, 1.82) is 0 Å². The van der Waals surface area contributed by atoms with Crippen molar-refractivity contribution in [3.63, 3.8) is 0 Å². The first-order valence-electron chi connectivity index (χ1n) is 10.1. The number of urea groups is 1. The van der Waals surface area contributed by atoms with Gasteiger partial charge >= 0.3 is 6.03 Å². The van der Waals surface area contributed by atoms with Crippen LogP contribution in [0.2, 0.25) is 0 Å². The van der Waals surface area contributed by atoms with E-state index in [0.29, 0.717) is 21.5 Å². The molecule has 0 spiro atoms. The summed E-state index contributed by atoms with van der Waals surface area (Å²) in [6, 6.07) is 8.42. The first-order valence-corrected chi connectivity index (χ1v) is 11.9. The average molecular weight is 475 g/mol. The van der Waals surface area contributed by atoms with E-state index in [1.807, 2.05) is 6.07 Å². The van der Waals surface area contributed by atoms with Gasteiger partial charge in [0.2, 0.25) is 16.9 Å². The second-order valence-electron chi connectivity index (χ2n) is 7.49. The lowest BCUT2D eigenvalue weighted by Crippen LogP contribution is -2.49. The van der Waals surface area contributed by atoms with E-state index >= 15 is 0 Å². The molecule has 1 aromatic heterocycles. The molecule has 2 heterocycles. The van der Waals surface area contributed by atoms with Crippen molar-refractivity contribution in [2.45, 2.75) is 49.0 Å². The van der Waals surface area contributed by atoms with E-state index in [9.17, 15) is 19.2 Å². The minimum atomic E-state index is -1.22. The molecular formula is C20H22N6O4S2. The van der Waals surface area contributed by atoms with Gasteiger partial charge in [0.15, 0.2) is 4.34 Å². The van der Waals surface area contributed by atoms with E-state index in [2.05, 4.69) is 20.9 Å². The van der Waals surface area contributed by atoms with Crippen LogP contribution < -0.4 is 15.6 Å². The fourth-order valence-electron chi connectivity index (χ4n) is 3.56. The molecule has 2 N–H and O–H groups in total. The highest BCUT2D eigenvalue weighted by Crippen LogP contribution is 2.36. The number of amides is 5. The van der Waals surface area contributed by atoms with Gasteiger partial charge in [0.05, 0.1) is 5.75 Å². The third-order valence-corrected chi connectivity index (χ3v) is 7.36. The number of rotatable bonds is 8. The van der Waals surface area contributed by atoms with Crippen molar-refractivity contribution in [1.82, 2.24) is 25.9 Å². The van der Waals surface area contributed by atoms with Gasteiger partial charge in [-0.1, -0.05) is 60.4 Å². The standard InChI is InChI=1S/C20H22N6O4S2/c1-3-20(13-7-5-4-6-8-13)16(29)26(17(30)21-20)24-15(28)11-31-19-23-22-18(32-19)25(12(2)27)14-9-10-14/h4-8,14H,3,9-11H2,1-2H3,(H,21,30)(H,24,28). The molecule has 1 aromatic carbocycles. The molecule has 12 heteroatoms. The first kappa shape index (κ1) is 22.2. The normalized spacial score (nSPS) is 20.2. The Morgan fingerprint density at radius 1 is 1.28 bits per heavy atom. The summed E-state index contributed by atoms with van der Waals surface area (Å²) in [5.41, 5.74) is 1.82. The molecule has 5 amide bonds. The summed E-state index contributed by atoms with van der Waals surface area (Å²) in [5.74, 6) is -1.22. The Morgan fingerprint density at radius 3 is 2.62 bits per heavy atom. The van der Waals surface area contributed by atoms with Crippen LogP contribution in [-0.2, 0) is 19.9 Å². The molecule has 10 nitrogen and oxygen atoms in total. The molecular weight excluding hydrogens is 452 g/mol. The highest BCUT2D eigenvalue weighted by molar-refractivity contribution is 8.01. The number of nitrogens with zero attached hydrogens (tertiary/aromatic N) is 4. The number of thioether (sulfide) groups is 1. The zero-order chi connectivity index (χ0) is 22.9. The van der Waals surface area contributed by atoms with Gasteiger partial charge in [-0.05, 0) is 24.8 Å². The van der Waals surface area contributed by atoms with Gasteiger partial charge in [0.25, 0.3) is 5.91 Å². The van der Waals surface area contributed by atoms with Crippen LogP contribution in [0, 0.1) is 0 Å². The monoisotopic (exact) mass is 474 g/mol. The van der Waals surface area contributed by atoms with E-state index in [0.717, 1.165) is 29.6 Å². The summed E-state index contributed by atoms with van der Waals surface area (Å²) >= 11 is 2.35. The summed E-state index contributed by atoms with van der Waals surface area (Å²) in [5, 5.41) is 12.0. The minimum absolute atomic E-state index is 0.0698. The number of anilines is 1. The second kappa shape index (κ2) is 8.87. The smallest absolute Gasteiger partial charge is 0.318 e. The molecule has 0 bridgehead atoms. The lowest BCUT2D eigenvalue weighted by Gasteiger charge is -2.25. The lowest BCUT2D eigenvalue weighted by atomic mass is 9.87. The Morgan fingerprint density at radius 2 is 2.00 bits per heavy atom. The van der Waals surface area contributed by atoms with Crippen LogP contribution >= 0.6 is 23.1 Å². The number of hydrogen-bond donors (Lipinski definition) is 2. The fourth-order valence-corrected chi connectivity index (χ4v) is 5.31. The zero-order valence-corrected chi connectivity index (χ0v) is 19.2. The largest absolute Gasteiger partial charge is 0.344 e. The van der Waals surface area contributed by atoms with Gasteiger partial charge in [0, 0.05) is 13.0 Å². The van der Waals surface area contributed by atoms with Gasteiger partial charge in [0.1, 0.15) is 5.54 Å². The summed E-state index contributed by atoms with van der Waals surface area (Å²) in [6.45, 7) is 3.29. The maximum Gasteiger partial charge on any atom is 0.344 e. The van der Waals surface area contributed by atoms with Crippen molar-refractivity contribution in [2.24, 2.45) is 0 Å². The SMILES string of the molecule is CCC1(c2ccccc2)NC(=O)N(NC(=O)CSc2nnc(N(C(C)=O)C3CC3)s2)C1=O. The van der Waals surface area contributed by atoms with E-state index in [1.165, 1.54) is 18.3 Å². The molecule has 168 valence electrons. The Balaban J connectivity index is 1.38. The third-order valence-electron chi connectivity index (χ3n) is 5.30. The molecule has 1 aliphatic carbocycles. The Kier molecular flexibility index (Phi) is 6.15. The average Bonchev–Trinajstić information content (AvgIpc) is 3.45. The predicted molar refractivity (Wildman–Crippen MR) is 119 cm³/mol. The summed E-state index contributed by atoms with van der Waals surface area (Å²) in [6.07, 6.45) is 2.22. The van der Waals surface area contributed by atoms with Crippen LogP contribution in [0.3, 0.4) is 0 Å². The number of nitrogens with one attached hydrogen (secondary N) is 2. The molecule has 1 unspecified atom stereocenters. The predicted octanol–water partition coefficient (Wildman–Crippen LogP) is 2.03. The number of hydrazine groups is 1. The molecule has 0 radical (unpaired) electrons. The zero-order valence-electron chi connectivity index (χ0n) is 17.5. The summed E-state index contributed by atoms with van der Waals surface area (Å²) < 4.78 is 0.520. The molecule has 1 saturated heterocycles. The van der Waals surface area contributed by atoms with Crippen LogP contribution in [0.5, 0.6) is 0 Å². The molecule has 1 saturated carbocycles. The highest BCUT2D eigenvalue weighted by atomic mass is 32.2. The van der Waals surface area contributed by atoms with Gasteiger partial charge < -0.3 is 5.32 Å². The van der Waals surface area contributed by atoms with Crippen LogP contribution in [0.1, 0.15) is 38.7 Å². The molecule has 1 atom stereocenters. The van der Waals surface area contributed by atoms with Crippen molar-refractivity contribution >= 4 is 52.0 Å². The molecule has 2 fully saturated rings. The number of aromatic nitrogens is 2. The van der Waals surface area contributed by atoms with Crippen molar-refractivity contribution in [2.75, 3.05) is 10.7 Å². The van der Waals surface area contributed by atoms with E-state index in [4.69, 9.17) is 0 Å². The molecule has 2 aliphatic rings. The Hall–Kier alpha value is -2.99. The number of imide groups is 1. The summed E-state index contributed by atoms with van der Waals surface area (Å²) in [7, 11) is 0. The number of benzene rings is 1. The van der Waals surface area contributed by atoms with Crippen LogP contribution in [-0.4, -0.2) is 50.8 Å².